The van der Waals surface area contributed by atoms with E-state index in [-0.39, 0.29) is 36.9 Å². The minimum atomic E-state index is -0.817. The van der Waals surface area contributed by atoms with Gasteiger partial charge in [-0.25, -0.2) is 0 Å². The summed E-state index contributed by atoms with van der Waals surface area (Å²) in [7, 11) is 0. The molecule has 3 amide bonds. The number of anilines is 1. The van der Waals surface area contributed by atoms with Crippen molar-refractivity contribution < 1.29 is 14.4 Å². The number of hydrogen-bond acceptors (Lipinski definition) is 3. The largest absolute Gasteiger partial charge is 0.352 e. The molecule has 1 saturated carbocycles. The Kier molecular flexibility index (Phi) is 8.18. The average molecular weight is 601 g/mol. The standard InChI is InChI=1S/C34H31Cl2N3O3/c35-25-17-16-24(28(36)19-25)20-38(30(18-22-8-2-1-3-9-22)33(41)37-26-12-4-5-13-26)31(40)21-39-29-15-7-11-23-10-6-14-27(32(23)29)34(39)42/h1-3,6-11,14-17,19,26,30H,4-5,12-13,18,20-21H2,(H,37,41)/t30-/m1/s1. The second-order valence-electron chi connectivity index (χ2n) is 11.0. The van der Waals surface area contributed by atoms with Gasteiger partial charge in [-0.15, -0.1) is 0 Å². The number of nitrogens with zero attached hydrogens (tertiary/aromatic N) is 2. The number of hydrogen-bond donors (Lipinski definition) is 1. The minimum Gasteiger partial charge on any atom is -0.352 e. The first-order valence-electron chi connectivity index (χ1n) is 14.3. The van der Waals surface area contributed by atoms with Gasteiger partial charge < -0.3 is 10.2 Å². The normalized spacial score (nSPS) is 15.3. The first kappa shape index (κ1) is 28.3. The smallest absolute Gasteiger partial charge is 0.259 e. The van der Waals surface area contributed by atoms with E-state index in [2.05, 4.69) is 5.32 Å². The number of nitrogens with one attached hydrogen (secondary N) is 1. The van der Waals surface area contributed by atoms with Crippen LogP contribution in [0.3, 0.4) is 0 Å². The Bertz CT molecular complexity index is 1650. The molecule has 4 aromatic carbocycles. The van der Waals surface area contributed by atoms with Crippen molar-refractivity contribution >= 4 is 57.4 Å². The molecule has 0 bridgehead atoms. The Balaban J connectivity index is 1.36. The molecule has 0 spiro atoms. The van der Waals surface area contributed by atoms with Gasteiger partial charge in [-0.05, 0) is 53.6 Å². The van der Waals surface area contributed by atoms with Gasteiger partial charge in [-0.1, -0.05) is 96.7 Å². The highest BCUT2D eigenvalue weighted by Gasteiger charge is 2.36. The molecule has 8 heteroatoms. The molecule has 0 aromatic heterocycles. The molecule has 1 N–H and O–H groups in total. The summed E-state index contributed by atoms with van der Waals surface area (Å²) in [5.74, 6) is -0.779. The summed E-state index contributed by atoms with van der Waals surface area (Å²) in [6.45, 7) is -0.122. The third-order valence-electron chi connectivity index (χ3n) is 8.27. The molecule has 4 aromatic rings. The fourth-order valence-electron chi connectivity index (χ4n) is 6.12. The Morgan fingerprint density at radius 1 is 0.929 bits per heavy atom. The predicted molar refractivity (Wildman–Crippen MR) is 167 cm³/mol. The number of carbonyl (C=O) groups excluding carboxylic acids is 3. The molecule has 1 aliphatic carbocycles. The van der Waals surface area contributed by atoms with Crippen molar-refractivity contribution in [2.45, 2.75) is 50.7 Å². The SMILES string of the molecule is O=C(NC1CCCC1)[C@@H](Cc1ccccc1)N(Cc1ccc(Cl)cc1Cl)C(=O)CN1C(=O)c2cccc3cccc1c23. The van der Waals surface area contributed by atoms with Crippen LogP contribution >= 0.6 is 23.2 Å². The monoisotopic (exact) mass is 599 g/mol. The number of carbonyl (C=O) groups is 3. The van der Waals surface area contributed by atoms with Crippen LogP contribution in [-0.2, 0) is 22.6 Å². The molecule has 0 radical (unpaired) electrons. The van der Waals surface area contributed by atoms with Crippen molar-refractivity contribution in [3.05, 3.63) is 112 Å². The lowest BCUT2D eigenvalue weighted by Gasteiger charge is -2.33. The van der Waals surface area contributed by atoms with Gasteiger partial charge in [0.2, 0.25) is 11.8 Å². The molecule has 1 heterocycles. The van der Waals surface area contributed by atoms with Crippen LogP contribution in [0, 0.1) is 0 Å². The molecule has 6 nitrogen and oxygen atoms in total. The van der Waals surface area contributed by atoms with E-state index in [0.717, 1.165) is 42.0 Å². The van der Waals surface area contributed by atoms with E-state index in [9.17, 15) is 14.4 Å². The average Bonchev–Trinajstić information content (AvgIpc) is 3.60. The summed E-state index contributed by atoms with van der Waals surface area (Å²) < 4.78 is 0. The highest BCUT2D eigenvalue weighted by atomic mass is 35.5. The zero-order valence-electron chi connectivity index (χ0n) is 23.1. The van der Waals surface area contributed by atoms with E-state index < -0.39 is 6.04 Å². The maximum atomic E-state index is 14.4. The van der Waals surface area contributed by atoms with E-state index in [4.69, 9.17) is 23.2 Å². The van der Waals surface area contributed by atoms with Gasteiger partial charge >= 0.3 is 0 Å². The lowest BCUT2D eigenvalue weighted by Crippen LogP contribution is -2.54. The second-order valence-corrected chi connectivity index (χ2v) is 11.9. The maximum Gasteiger partial charge on any atom is 0.259 e. The quantitative estimate of drug-likeness (QED) is 0.230. The van der Waals surface area contributed by atoms with Gasteiger partial charge in [0, 0.05) is 40.0 Å². The van der Waals surface area contributed by atoms with Gasteiger partial charge in [0.1, 0.15) is 12.6 Å². The lowest BCUT2D eigenvalue weighted by atomic mass is 10.0. The Morgan fingerprint density at radius 2 is 1.67 bits per heavy atom. The summed E-state index contributed by atoms with van der Waals surface area (Å²) in [5, 5.41) is 5.88. The lowest BCUT2D eigenvalue weighted by molar-refractivity contribution is -0.140. The molecule has 42 heavy (non-hydrogen) atoms. The highest BCUT2D eigenvalue weighted by Crippen LogP contribution is 2.37. The first-order valence-corrected chi connectivity index (χ1v) is 15.1. The van der Waals surface area contributed by atoms with Crippen LogP contribution in [0.15, 0.2) is 84.9 Å². The van der Waals surface area contributed by atoms with Crippen molar-refractivity contribution in [3.63, 3.8) is 0 Å². The van der Waals surface area contributed by atoms with Crippen LogP contribution in [0.1, 0.15) is 47.2 Å². The maximum absolute atomic E-state index is 14.4. The van der Waals surface area contributed by atoms with Crippen LogP contribution in [-0.4, -0.2) is 41.2 Å². The van der Waals surface area contributed by atoms with Crippen molar-refractivity contribution in [1.82, 2.24) is 10.2 Å². The van der Waals surface area contributed by atoms with Crippen LogP contribution < -0.4 is 10.2 Å². The zero-order valence-corrected chi connectivity index (χ0v) is 24.6. The summed E-state index contributed by atoms with van der Waals surface area (Å²) in [6.07, 6.45) is 4.30. The first-order chi connectivity index (χ1) is 20.4. The van der Waals surface area contributed by atoms with Gasteiger partial charge in [-0.3, -0.25) is 19.3 Å². The van der Waals surface area contributed by atoms with Crippen molar-refractivity contribution in [3.8, 4) is 0 Å². The molecule has 1 atom stereocenters. The van der Waals surface area contributed by atoms with Crippen molar-refractivity contribution in [1.29, 1.82) is 0 Å². The molecule has 0 saturated heterocycles. The van der Waals surface area contributed by atoms with Crippen LogP contribution in [0.5, 0.6) is 0 Å². The molecule has 6 rings (SSSR count). The van der Waals surface area contributed by atoms with Crippen LogP contribution in [0.2, 0.25) is 10.0 Å². The second kappa shape index (κ2) is 12.2. The minimum absolute atomic E-state index is 0.0825. The van der Waals surface area contributed by atoms with E-state index in [1.807, 2.05) is 60.7 Å². The third kappa shape index (κ3) is 5.74. The van der Waals surface area contributed by atoms with Gasteiger partial charge in [0.25, 0.3) is 5.91 Å². The van der Waals surface area contributed by atoms with E-state index >= 15 is 0 Å². The van der Waals surface area contributed by atoms with E-state index in [1.54, 1.807) is 29.2 Å². The van der Waals surface area contributed by atoms with Crippen molar-refractivity contribution in [2.75, 3.05) is 11.4 Å². The van der Waals surface area contributed by atoms with E-state index in [0.29, 0.717) is 33.3 Å². The molecular formula is C34H31Cl2N3O3. The van der Waals surface area contributed by atoms with Crippen molar-refractivity contribution in [2.24, 2.45) is 0 Å². The number of rotatable bonds is 9. The number of benzene rings is 4. The van der Waals surface area contributed by atoms with Gasteiger partial charge in [-0.2, -0.15) is 0 Å². The van der Waals surface area contributed by atoms with Crippen LogP contribution in [0.25, 0.3) is 10.8 Å². The zero-order chi connectivity index (χ0) is 29.2. The fraction of sp³-hybridized carbons (Fsp3) is 0.265. The highest BCUT2D eigenvalue weighted by molar-refractivity contribution is 6.35. The fourth-order valence-corrected chi connectivity index (χ4v) is 6.59. The topological polar surface area (TPSA) is 69.7 Å². The molecule has 0 unspecified atom stereocenters. The van der Waals surface area contributed by atoms with Gasteiger partial charge in [0.05, 0.1) is 5.69 Å². The molecule has 214 valence electrons. The van der Waals surface area contributed by atoms with Gasteiger partial charge in [0.15, 0.2) is 0 Å². The predicted octanol–water partition coefficient (Wildman–Crippen LogP) is 6.81. The number of halogens is 2. The molecular weight excluding hydrogens is 569 g/mol. The summed E-state index contributed by atoms with van der Waals surface area (Å²) in [6, 6.07) is 25.4. The van der Waals surface area contributed by atoms with E-state index in [1.165, 1.54) is 4.90 Å². The Hall–Kier alpha value is -3.87. The third-order valence-corrected chi connectivity index (χ3v) is 8.86. The number of amides is 3. The molecule has 1 fully saturated rings. The molecule has 2 aliphatic rings. The summed E-state index contributed by atoms with van der Waals surface area (Å²) in [4.78, 5) is 45.0. The van der Waals surface area contributed by atoms with Crippen LogP contribution in [0.4, 0.5) is 5.69 Å². The summed E-state index contributed by atoms with van der Waals surface area (Å²) >= 11 is 12.8. The Labute approximate surface area is 255 Å². The Morgan fingerprint density at radius 3 is 2.40 bits per heavy atom. The molecule has 1 aliphatic heterocycles. The summed E-state index contributed by atoms with van der Waals surface area (Å²) in [5.41, 5.74) is 2.86.